The molecule has 1 rings (SSSR count). The van der Waals surface area contributed by atoms with E-state index in [0.717, 1.165) is 11.3 Å². The van der Waals surface area contributed by atoms with Gasteiger partial charge in [-0.25, -0.2) is 4.39 Å². The van der Waals surface area contributed by atoms with Crippen LogP contribution < -0.4 is 0 Å². The Labute approximate surface area is 59.9 Å². The Balaban J connectivity index is 3.17. The van der Waals surface area contributed by atoms with Crippen LogP contribution in [0, 0.1) is 12.7 Å². The Bertz CT molecular complexity index is 212. The molecule has 1 aromatic heterocycles. The Morgan fingerprint density at radius 2 is 2.30 bits per heavy atom. The first-order valence-electron chi connectivity index (χ1n) is 3.35. The van der Waals surface area contributed by atoms with E-state index >= 15 is 0 Å². The molecule has 0 fully saturated rings. The molecular formula is C8H10FN. The van der Waals surface area contributed by atoms with Crippen molar-refractivity contribution in [2.24, 2.45) is 0 Å². The Kier molecular flexibility index (Phi) is 2.00. The summed E-state index contributed by atoms with van der Waals surface area (Å²) in [6.07, 6.45) is 2.20. The van der Waals surface area contributed by atoms with Crippen LogP contribution in [0.1, 0.15) is 18.2 Å². The van der Waals surface area contributed by atoms with E-state index < -0.39 is 0 Å². The van der Waals surface area contributed by atoms with Crippen molar-refractivity contribution in [1.29, 1.82) is 0 Å². The van der Waals surface area contributed by atoms with Gasteiger partial charge in [0.05, 0.1) is 0 Å². The topological polar surface area (TPSA) is 12.9 Å². The van der Waals surface area contributed by atoms with Gasteiger partial charge in [-0.05, 0) is 19.4 Å². The molecule has 1 aromatic rings. The van der Waals surface area contributed by atoms with Gasteiger partial charge in [0, 0.05) is 17.5 Å². The monoisotopic (exact) mass is 139 g/mol. The quantitative estimate of drug-likeness (QED) is 0.580. The lowest BCUT2D eigenvalue weighted by Crippen LogP contribution is -1.93. The number of halogens is 1. The Morgan fingerprint density at radius 1 is 1.60 bits per heavy atom. The van der Waals surface area contributed by atoms with Gasteiger partial charge in [-0.15, -0.1) is 0 Å². The second-order valence-electron chi connectivity index (χ2n) is 2.21. The van der Waals surface area contributed by atoms with E-state index in [1.807, 2.05) is 13.8 Å². The minimum Gasteiger partial charge on any atom is -0.261 e. The van der Waals surface area contributed by atoms with Crippen LogP contribution in [-0.4, -0.2) is 4.98 Å². The van der Waals surface area contributed by atoms with Crippen molar-refractivity contribution >= 4 is 0 Å². The molecule has 0 aliphatic heterocycles. The molecule has 0 amide bonds. The smallest absolute Gasteiger partial charge is 0.129 e. The molecule has 0 aromatic carbocycles. The molecule has 1 nitrogen and oxygen atoms in total. The molecule has 0 N–H and O–H groups in total. The second-order valence-corrected chi connectivity index (χ2v) is 2.21. The molecular weight excluding hydrogens is 129 g/mol. The predicted molar refractivity (Wildman–Crippen MR) is 38.3 cm³/mol. The lowest BCUT2D eigenvalue weighted by Gasteiger charge is -2.00. The molecule has 0 atom stereocenters. The summed E-state index contributed by atoms with van der Waals surface area (Å²) in [5, 5.41) is 0. The van der Waals surface area contributed by atoms with Gasteiger partial charge in [0.2, 0.25) is 0 Å². The third-order valence-electron chi connectivity index (χ3n) is 1.57. The molecule has 0 radical (unpaired) electrons. The van der Waals surface area contributed by atoms with Gasteiger partial charge >= 0.3 is 0 Å². The molecule has 2 heteroatoms. The van der Waals surface area contributed by atoms with Crippen molar-refractivity contribution in [3.05, 3.63) is 29.3 Å². The zero-order chi connectivity index (χ0) is 7.56. The molecule has 0 spiro atoms. The van der Waals surface area contributed by atoms with Crippen molar-refractivity contribution in [1.82, 2.24) is 4.98 Å². The molecule has 54 valence electrons. The summed E-state index contributed by atoms with van der Waals surface area (Å²) in [6.45, 7) is 3.75. The van der Waals surface area contributed by atoms with Crippen molar-refractivity contribution in [2.75, 3.05) is 0 Å². The van der Waals surface area contributed by atoms with E-state index in [1.165, 1.54) is 12.3 Å². The molecule has 0 saturated heterocycles. The molecule has 0 aliphatic carbocycles. The van der Waals surface area contributed by atoms with Gasteiger partial charge in [-0.3, -0.25) is 4.98 Å². The Hall–Kier alpha value is -0.920. The summed E-state index contributed by atoms with van der Waals surface area (Å²) in [6, 6.07) is 1.39. The highest BCUT2D eigenvalue weighted by Crippen LogP contribution is 2.09. The van der Waals surface area contributed by atoms with Crippen LogP contribution in [0.4, 0.5) is 4.39 Å². The van der Waals surface area contributed by atoms with Gasteiger partial charge in [-0.2, -0.15) is 0 Å². The average Bonchev–Trinajstić information content (AvgIpc) is 1.88. The number of nitrogens with zero attached hydrogens (tertiary/aromatic N) is 1. The normalized spacial score (nSPS) is 9.90. The summed E-state index contributed by atoms with van der Waals surface area (Å²) < 4.78 is 12.8. The van der Waals surface area contributed by atoms with Crippen molar-refractivity contribution in [3.8, 4) is 0 Å². The van der Waals surface area contributed by atoms with Crippen LogP contribution in [0.3, 0.4) is 0 Å². The Morgan fingerprint density at radius 3 is 2.70 bits per heavy atom. The van der Waals surface area contributed by atoms with Gasteiger partial charge in [-0.1, -0.05) is 6.92 Å². The van der Waals surface area contributed by atoms with E-state index in [-0.39, 0.29) is 5.82 Å². The first kappa shape index (κ1) is 7.19. The first-order valence-corrected chi connectivity index (χ1v) is 3.35. The van der Waals surface area contributed by atoms with Gasteiger partial charge in [0.15, 0.2) is 0 Å². The molecule has 0 bridgehead atoms. The summed E-state index contributed by atoms with van der Waals surface area (Å²) >= 11 is 0. The van der Waals surface area contributed by atoms with Crippen LogP contribution in [0.5, 0.6) is 0 Å². The fourth-order valence-corrected chi connectivity index (χ4v) is 0.991. The zero-order valence-corrected chi connectivity index (χ0v) is 6.19. The number of pyridine rings is 1. The molecule has 10 heavy (non-hydrogen) atoms. The highest BCUT2D eigenvalue weighted by Gasteiger charge is 2.01. The molecule has 1 heterocycles. The van der Waals surface area contributed by atoms with E-state index in [0.29, 0.717) is 6.42 Å². The summed E-state index contributed by atoms with van der Waals surface area (Å²) in [5.74, 6) is -0.144. The van der Waals surface area contributed by atoms with Crippen LogP contribution in [0.15, 0.2) is 12.3 Å². The highest BCUT2D eigenvalue weighted by atomic mass is 19.1. The van der Waals surface area contributed by atoms with Crippen molar-refractivity contribution in [3.63, 3.8) is 0 Å². The van der Waals surface area contributed by atoms with Crippen LogP contribution in [0.2, 0.25) is 0 Å². The van der Waals surface area contributed by atoms with Crippen molar-refractivity contribution in [2.45, 2.75) is 20.3 Å². The minimum absolute atomic E-state index is 0.144. The van der Waals surface area contributed by atoms with Gasteiger partial charge in [0.25, 0.3) is 0 Å². The highest BCUT2D eigenvalue weighted by molar-refractivity contribution is 5.19. The van der Waals surface area contributed by atoms with Crippen LogP contribution in [-0.2, 0) is 6.42 Å². The van der Waals surface area contributed by atoms with E-state index in [2.05, 4.69) is 4.98 Å². The fourth-order valence-electron chi connectivity index (χ4n) is 0.991. The van der Waals surface area contributed by atoms with Crippen molar-refractivity contribution < 1.29 is 4.39 Å². The van der Waals surface area contributed by atoms with E-state index in [4.69, 9.17) is 0 Å². The number of aromatic nitrogens is 1. The summed E-state index contributed by atoms with van der Waals surface area (Å²) in [5.41, 5.74) is 1.52. The van der Waals surface area contributed by atoms with E-state index in [1.54, 1.807) is 0 Å². The van der Waals surface area contributed by atoms with E-state index in [9.17, 15) is 4.39 Å². The van der Waals surface area contributed by atoms with Gasteiger partial charge in [0.1, 0.15) is 5.82 Å². The summed E-state index contributed by atoms with van der Waals surface area (Å²) in [4.78, 5) is 3.97. The number of aryl methyl sites for hydroxylation is 1. The fraction of sp³-hybridized carbons (Fsp3) is 0.375. The predicted octanol–water partition coefficient (Wildman–Crippen LogP) is 2.09. The number of hydrogen-bond donors (Lipinski definition) is 0. The molecule has 0 unspecified atom stereocenters. The minimum atomic E-state index is -0.144. The maximum atomic E-state index is 12.8. The average molecular weight is 139 g/mol. The van der Waals surface area contributed by atoms with Crippen LogP contribution >= 0.6 is 0 Å². The molecule has 0 aliphatic rings. The third-order valence-corrected chi connectivity index (χ3v) is 1.57. The SMILES string of the molecule is CCc1c(F)ccnc1C. The zero-order valence-electron chi connectivity index (χ0n) is 6.19. The number of rotatable bonds is 1. The standard InChI is InChI=1S/C8H10FN/c1-3-7-6(2)10-5-4-8(7)9/h4-5H,3H2,1-2H3. The third kappa shape index (κ3) is 1.15. The maximum Gasteiger partial charge on any atom is 0.129 e. The summed E-state index contributed by atoms with van der Waals surface area (Å²) in [7, 11) is 0. The lowest BCUT2D eigenvalue weighted by atomic mass is 10.1. The number of hydrogen-bond acceptors (Lipinski definition) is 1. The van der Waals surface area contributed by atoms with Gasteiger partial charge < -0.3 is 0 Å². The maximum absolute atomic E-state index is 12.8. The molecule has 0 saturated carbocycles. The van der Waals surface area contributed by atoms with Crippen LogP contribution in [0.25, 0.3) is 0 Å². The lowest BCUT2D eigenvalue weighted by molar-refractivity contribution is 0.606. The largest absolute Gasteiger partial charge is 0.261 e. The second kappa shape index (κ2) is 2.78. The first-order chi connectivity index (χ1) is 4.75.